The Morgan fingerprint density at radius 1 is 1.33 bits per heavy atom. The lowest BCUT2D eigenvalue weighted by Gasteiger charge is -2.23. The van der Waals surface area contributed by atoms with Crippen molar-refractivity contribution in [3.8, 4) is 17.1 Å². The van der Waals surface area contributed by atoms with Gasteiger partial charge in [0.15, 0.2) is 11.3 Å². The van der Waals surface area contributed by atoms with Gasteiger partial charge in [-0.05, 0) is 52.3 Å². The molecule has 0 unspecified atom stereocenters. The Kier molecular flexibility index (Phi) is 5.82. The smallest absolute Gasteiger partial charge is 0.328 e. The molecule has 0 atom stereocenters. The number of aromatic amines is 1. The van der Waals surface area contributed by atoms with Crippen LogP contribution in [0.2, 0.25) is 0 Å². The minimum absolute atomic E-state index is 0.293. The van der Waals surface area contributed by atoms with Gasteiger partial charge in [0, 0.05) is 12.1 Å². The van der Waals surface area contributed by atoms with Gasteiger partial charge in [0.05, 0.1) is 17.9 Å². The van der Waals surface area contributed by atoms with Crippen molar-refractivity contribution in [1.29, 1.82) is 0 Å². The summed E-state index contributed by atoms with van der Waals surface area (Å²) in [5.41, 5.74) is 0.697. The van der Waals surface area contributed by atoms with Gasteiger partial charge < -0.3 is 20.1 Å². The fourth-order valence-electron chi connectivity index (χ4n) is 3.23. The molecule has 2 aromatic heterocycles. The van der Waals surface area contributed by atoms with Crippen molar-refractivity contribution >= 4 is 17.2 Å². The lowest BCUT2D eigenvalue weighted by Crippen LogP contribution is -2.39. The molecule has 0 saturated carbocycles. The number of carboxylic acids is 1. The van der Waals surface area contributed by atoms with Crippen molar-refractivity contribution in [2.45, 2.75) is 53.0 Å². The van der Waals surface area contributed by atoms with Crippen molar-refractivity contribution in [2.24, 2.45) is 0 Å². The van der Waals surface area contributed by atoms with E-state index in [4.69, 9.17) is 4.74 Å². The number of aromatic nitrogens is 4. The fourth-order valence-corrected chi connectivity index (χ4v) is 3.23. The third-order valence-electron chi connectivity index (χ3n) is 4.74. The summed E-state index contributed by atoms with van der Waals surface area (Å²) in [6, 6.07) is 5.19. The number of nitrogens with zero attached hydrogens (tertiary/aromatic N) is 3. The molecule has 3 rings (SSSR count). The van der Waals surface area contributed by atoms with E-state index in [0.29, 0.717) is 47.1 Å². The minimum atomic E-state index is -1.18. The summed E-state index contributed by atoms with van der Waals surface area (Å²) in [4.78, 5) is 31.6. The van der Waals surface area contributed by atoms with E-state index in [-0.39, 0.29) is 5.56 Å². The van der Waals surface area contributed by atoms with Crippen molar-refractivity contribution < 1.29 is 14.6 Å². The molecule has 0 aliphatic heterocycles. The van der Waals surface area contributed by atoms with Gasteiger partial charge >= 0.3 is 5.97 Å². The Morgan fingerprint density at radius 3 is 2.70 bits per heavy atom. The van der Waals surface area contributed by atoms with E-state index >= 15 is 0 Å². The number of hydrogen-bond donors (Lipinski definition) is 3. The second kappa shape index (κ2) is 8.17. The van der Waals surface area contributed by atoms with Crippen LogP contribution in [-0.2, 0) is 11.2 Å². The first-order chi connectivity index (χ1) is 14.2. The Labute approximate surface area is 174 Å². The zero-order chi connectivity index (χ0) is 22.1. The largest absolute Gasteiger partial charge is 0.493 e. The number of imidazole rings is 1. The summed E-state index contributed by atoms with van der Waals surface area (Å²) in [6.07, 6.45) is 1.56. The molecule has 9 heteroatoms. The molecule has 30 heavy (non-hydrogen) atoms. The van der Waals surface area contributed by atoms with Gasteiger partial charge in [-0.15, -0.1) is 5.10 Å². The average molecular weight is 413 g/mol. The Morgan fingerprint density at radius 2 is 2.07 bits per heavy atom. The number of ether oxygens (including phenoxy) is 1. The average Bonchev–Trinajstić information content (AvgIpc) is 2.99. The molecule has 0 bridgehead atoms. The van der Waals surface area contributed by atoms with Gasteiger partial charge in [0.2, 0.25) is 0 Å². The van der Waals surface area contributed by atoms with Crippen LogP contribution in [0.4, 0.5) is 5.69 Å². The van der Waals surface area contributed by atoms with Crippen LogP contribution in [0.3, 0.4) is 0 Å². The second-order valence-electron chi connectivity index (χ2n) is 7.63. The van der Waals surface area contributed by atoms with Gasteiger partial charge in [-0.1, -0.05) is 6.92 Å². The number of rotatable bonds is 8. The maximum atomic E-state index is 12.8. The molecule has 0 fully saturated rings. The lowest BCUT2D eigenvalue weighted by molar-refractivity contribution is -0.141. The monoisotopic (exact) mass is 413 g/mol. The molecule has 3 N–H and O–H groups in total. The van der Waals surface area contributed by atoms with E-state index in [0.717, 1.165) is 12.2 Å². The van der Waals surface area contributed by atoms with Gasteiger partial charge in [0.25, 0.3) is 5.56 Å². The summed E-state index contributed by atoms with van der Waals surface area (Å²) < 4.78 is 7.32. The number of hydrogen-bond acceptors (Lipinski definition) is 6. The number of nitrogens with one attached hydrogen (secondary N) is 2. The zero-order valence-electron chi connectivity index (χ0n) is 17.9. The van der Waals surface area contributed by atoms with Crippen molar-refractivity contribution in [3.63, 3.8) is 0 Å². The summed E-state index contributed by atoms with van der Waals surface area (Å²) in [5.74, 6) is 0.593. The molecule has 0 aliphatic rings. The standard InChI is InChI=1S/C21H27N5O4/c1-6-8-16-22-12(3)17-19(27)23-18(25-26(16)17)14-11-13(9-10-15(14)30-7-2)24-21(4,5)20(28)29/h9-11,24H,6-8H2,1-5H3,(H,28,29)(H,23,25,27). The van der Waals surface area contributed by atoms with Crippen LogP contribution < -0.4 is 15.6 Å². The van der Waals surface area contributed by atoms with Crippen LogP contribution in [0.25, 0.3) is 16.9 Å². The van der Waals surface area contributed by atoms with Crippen LogP contribution in [-0.4, -0.2) is 42.8 Å². The van der Waals surface area contributed by atoms with Gasteiger partial charge in [0.1, 0.15) is 17.1 Å². The van der Waals surface area contributed by atoms with Crippen molar-refractivity contribution in [3.05, 3.63) is 40.1 Å². The first-order valence-corrected chi connectivity index (χ1v) is 9.95. The third-order valence-corrected chi connectivity index (χ3v) is 4.74. The van der Waals surface area contributed by atoms with E-state index in [1.165, 1.54) is 0 Å². The maximum absolute atomic E-state index is 12.8. The molecule has 0 spiro atoms. The van der Waals surface area contributed by atoms with Gasteiger partial charge in [-0.3, -0.25) is 4.79 Å². The van der Waals surface area contributed by atoms with Gasteiger partial charge in [-0.2, -0.15) is 0 Å². The molecule has 0 saturated heterocycles. The molecule has 1 aromatic carbocycles. The molecule has 0 amide bonds. The molecule has 9 nitrogen and oxygen atoms in total. The van der Waals surface area contributed by atoms with Crippen molar-refractivity contribution in [2.75, 3.05) is 11.9 Å². The van der Waals surface area contributed by atoms with Crippen LogP contribution in [0.5, 0.6) is 5.75 Å². The Balaban J connectivity index is 2.18. The third kappa shape index (κ3) is 4.00. The molecular formula is C21H27N5O4. The van der Waals surface area contributed by atoms with Crippen LogP contribution in [0.15, 0.2) is 23.0 Å². The molecule has 2 heterocycles. The SMILES string of the molecule is CCCc1nc(C)c2c(=O)[nH]c(-c3cc(NC(C)(C)C(=O)O)ccc3OCC)nn12. The zero-order valence-corrected chi connectivity index (χ0v) is 17.9. The number of benzene rings is 1. The van der Waals surface area contributed by atoms with Crippen LogP contribution >= 0.6 is 0 Å². The van der Waals surface area contributed by atoms with E-state index in [2.05, 4.69) is 20.4 Å². The van der Waals surface area contributed by atoms with Crippen LogP contribution in [0, 0.1) is 6.92 Å². The summed E-state index contributed by atoms with van der Waals surface area (Å²) in [7, 11) is 0. The number of fused-ring (bicyclic) bond motifs is 1. The van der Waals surface area contributed by atoms with E-state index in [1.54, 1.807) is 43.5 Å². The number of anilines is 1. The molecule has 0 radical (unpaired) electrons. The first kappa shape index (κ1) is 21.4. The van der Waals surface area contributed by atoms with Crippen molar-refractivity contribution in [1.82, 2.24) is 19.6 Å². The first-order valence-electron chi connectivity index (χ1n) is 9.95. The van der Waals surface area contributed by atoms with Gasteiger partial charge in [-0.25, -0.2) is 14.3 Å². The number of H-pyrrole nitrogens is 1. The Bertz CT molecular complexity index is 1150. The highest BCUT2D eigenvalue weighted by Crippen LogP contribution is 2.31. The van der Waals surface area contributed by atoms with E-state index in [9.17, 15) is 14.7 Å². The highest BCUT2D eigenvalue weighted by molar-refractivity contribution is 5.82. The number of carbonyl (C=O) groups is 1. The molecular weight excluding hydrogens is 386 g/mol. The summed E-state index contributed by atoms with van der Waals surface area (Å²) >= 11 is 0. The minimum Gasteiger partial charge on any atom is -0.493 e. The Hall–Kier alpha value is -3.36. The molecule has 160 valence electrons. The fraction of sp³-hybridized carbons (Fsp3) is 0.429. The number of aliphatic carboxylic acids is 1. The highest BCUT2D eigenvalue weighted by atomic mass is 16.5. The maximum Gasteiger partial charge on any atom is 0.328 e. The van der Waals surface area contributed by atoms with E-state index in [1.807, 2.05) is 13.8 Å². The predicted octanol–water partition coefficient (Wildman–Crippen LogP) is 3.02. The second-order valence-corrected chi connectivity index (χ2v) is 7.63. The summed E-state index contributed by atoms with van der Waals surface area (Å²) in [5, 5.41) is 17.0. The quantitative estimate of drug-likeness (QED) is 0.519. The molecule has 0 aliphatic carbocycles. The predicted molar refractivity (Wildman–Crippen MR) is 114 cm³/mol. The highest BCUT2D eigenvalue weighted by Gasteiger charge is 2.27. The number of aryl methyl sites for hydroxylation is 2. The van der Waals surface area contributed by atoms with Crippen LogP contribution in [0.1, 0.15) is 45.6 Å². The summed E-state index contributed by atoms with van der Waals surface area (Å²) in [6.45, 7) is 9.26. The number of carboxylic acid groups (broad SMARTS) is 1. The normalized spacial score (nSPS) is 11.6. The lowest BCUT2D eigenvalue weighted by atomic mass is 10.0. The topological polar surface area (TPSA) is 122 Å². The van der Waals surface area contributed by atoms with E-state index < -0.39 is 11.5 Å². The molecule has 3 aromatic rings.